The summed E-state index contributed by atoms with van der Waals surface area (Å²) in [5, 5.41) is 6.13. The highest BCUT2D eigenvalue weighted by Crippen LogP contribution is 2.13. The van der Waals surface area contributed by atoms with Crippen LogP contribution in [0.5, 0.6) is 0 Å². The fourth-order valence-electron chi connectivity index (χ4n) is 1.14. The van der Waals surface area contributed by atoms with Gasteiger partial charge in [0, 0.05) is 14.1 Å². The lowest BCUT2D eigenvalue weighted by molar-refractivity contribution is 0.607. The molecule has 0 amide bonds. The summed E-state index contributed by atoms with van der Waals surface area (Å²) in [6.45, 7) is 4.34. The highest BCUT2D eigenvalue weighted by atomic mass is 15.5. The molecule has 0 unspecified atom stereocenters. The van der Waals surface area contributed by atoms with E-state index in [9.17, 15) is 0 Å². The van der Waals surface area contributed by atoms with Gasteiger partial charge in [0.2, 0.25) is 5.96 Å². The van der Waals surface area contributed by atoms with E-state index < -0.39 is 0 Å². The van der Waals surface area contributed by atoms with E-state index in [1.165, 1.54) is 0 Å². The summed E-state index contributed by atoms with van der Waals surface area (Å²) >= 11 is 0. The first-order valence-corrected chi connectivity index (χ1v) is 5.10. The molecule has 2 N–H and O–H groups in total. The summed E-state index contributed by atoms with van der Waals surface area (Å²) in [5.74, 6) is 0.464. The van der Waals surface area contributed by atoms with Crippen molar-refractivity contribution < 1.29 is 0 Å². The van der Waals surface area contributed by atoms with Gasteiger partial charge in [-0.2, -0.15) is 0 Å². The van der Waals surface area contributed by atoms with Crippen molar-refractivity contribution in [3.8, 4) is 0 Å². The number of hydrogen-bond acceptors (Lipinski definition) is 2. The highest BCUT2D eigenvalue weighted by Gasteiger charge is 2.04. The number of para-hydroxylation sites is 1. The fraction of sp³-hybridized carbons (Fsp3) is 0.250. The molecule has 0 aliphatic carbocycles. The second-order valence-electron chi connectivity index (χ2n) is 3.56. The van der Waals surface area contributed by atoms with Crippen molar-refractivity contribution in [2.75, 3.05) is 25.6 Å². The van der Waals surface area contributed by atoms with Crippen LogP contribution in [0, 0.1) is 0 Å². The van der Waals surface area contributed by atoms with Crippen LogP contribution in [-0.4, -0.2) is 31.5 Å². The quantitative estimate of drug-likeness (QED) is 0.360. The average Bonchev–Trinajstić information content (AvgIpc) is 2.29. The first kappa shape index (κ1) is 12.1. The Bertz CT molecular complexity index is 357. The van der Waals surface area contributed by atoms with Gasteiger partial charge in [0.05, 0.1) is 12.2 Å². The smallest absolute Gasteiger partial charge is 0.213 e. The summed E-state index contributed by atoms with van der Waals surface area (Å²) in [7, 11) is 3.71. The maximum absolute atomic E-state index is 5.78. The van der Waals surface area contributed by atoms with Crippen molar-refractivity contribution in [3.63, 3.8) is 0 Å². The van der Waals surface area contributed by atoms with Gasteiger partial charge in [-0.1, -0.05) is 24.3 Å². The van der Waals surface area contributed by atoms with Crippen molar-refractivity contribution >= 4 is 11.6 Å². The zero-order valence-corrected chi connectivity index (χ0v) is 9.80. The molecule has 86 valence electrons. The third-order valence-corrected chi connectivity index (χ3v) is 2.04. The Labute approximate surface area is 96.7 Å². The molecule has 4 nitrogen and oxygen atoms in total. The molecule has 0 aromatic heterocycles. The summed E-state index contributed by atoms with van der Waals surface area (Å²) in [5.41, 5.74) is 6.78. The van der Waals surface area contributed by atoms with Crippen LogP contribution in [0.2, 0.25) is 0 Å². The fourth-order valence-corrected chi connectivity index (χ4v) is 1.14. The highest BCUT2D eigenvalue weighted by molar-refractivity contribution is 5.78. The Hall–Kier alpha value is -1.97. The Morgan fingerprint density at radius 2 is 2.00 bits per heavy atom. The zero-order chi connectivity index (χ0) is 12.0. The van der Waals surface area contributed by atoms with Crippen LogP contribution in [0.1, 0.15) is 0 Å². The Balaban J connectivity index is 2.92. The maximum Gasteiger partial charge on any atom is 0.213 e. The molecule has 0 radical (unpaired) electrons. The molecule has 0 saturated carbocycles. The molecule has 16 heavy (non-hydrogen) atoms. The van der Waals surface area contributed by atoms with Crippen LogP contribution >= 0.6 is 0 Å². The topological polar surface area (TPSA) is 44.9 Å². The molecule has 0 spiro atoms. The van der Waals surface area contributed by atoms with Gasteiger partial charge in [-0.15, -0.1) is 11.7 Å². The predicted octanol–water partition coefficient (Wildman–Crippen LogP) is 1.47. The first-order valence-electron chi connectivity index (χ1n) is 5.10. The van der Waals surface area contributed by atoms with Crippen LogP contribution in [-0.2, 0) is 0 Å². The maximum atomic E-state index is 5.78. The van der Waals surface area contributed by atoms with Crippen LogP contribution in [0.25, 0.3) is 0 Å². The lowest BCUT2D eigenvalue weighted by Gasteiger charge is -2.20. The Morgan fingerprint density at radius 1 is 1.38 bits per heavy atom. The minimum atomic E-state index is 0.464. The second-order valence-corrected chi connectivity index (χ2v) is 3.56. The van der Waals surface area contributed by atoms with E-state index in [0.29, 0.717) is 12.5 Å². The lowest BCUT2D eigenvalue weighted by atomic mass is 10.3. The van der Waals surface area contributed by atoms with Crippen molar-refractivity contribution in [2.45, 2.75) is 0 Å². The first-order chi connectivity index (χ1) is 7.65. The van der Waals surface area contributed by atoms with Crippen molar-refractivity contribution in [1.29, 1.82) is 0 Å². The van der Waals surface area contributed by atoms with E-state index in [1.807, 2.05) is 49.4 Å². The monoisotopic (exact) mass is 218 g/mol. The number of anilines is 1. The van der Waals surface area contributed by atoms with E-state index in [1.54, 1.807) is 11.0 Å². The zero-order valence-electron chi connectivity index (χ0n) is 9.80. The molecular formula is C12H18N4. The molecule has 1 aromatic carbocycles. The van der Waals surface area contributed by atoms with Crippen LogP contribution in [0.4, 0.5) is 5.69 Å². The number of guanidine groups is 1. The molecule has 0 atom stereocenters. The standard InChI is InChI=1S/C12H18N4/c1-4-10-16(14-12(13)15(2)3)11-8-6-5-7-9-11/h4-9H,1,10H2,2-3H3,(H2,13,14). The number of nitrogens with zero attached hydrogens (tertiary/aromatic N) is 3. The predicted molar refractivity (Wildman–Crippen MR) is 69.3 cm³/mol. The van der Waals surface area contributed by atoms with Gasteiger partial charge in [-0.05, 0) is 12.1 Å². The number of nitrogens with two attached hydrogens (primary N) is 1. The normalized spacial score (nSPS) is 11.0. The van der Waals surface area contributed by atoms with E-state index in [0.717, 1.165) is 5.69 Å². The minimum absolute atomic E-state index is 0.464. The lowest BCUT2D eigenvalue weighted by Crippen LogP contribution is -2.34. The van der Waals surface area contributed by atoms with Crippen LogP contribution in [0.3, 0.4) is 0 Å². The molecule has 0 saturated heterocycles. The summed E-state index contributed by atoms with van der Waals surface area (Å²) in [6.07, 6.45) is 1.79. The summed E-state index contributed by atoms with van der Waals surface area (Å²) in [4.78, 5) is 1.76. The SMILES string of the molecule is C=CCN(/N=C(\N)N(C)C)c1ccccc1. The van der Waals surface area contributed by atoms with Gasteiger partial charge in [0.25, 0.3) is 0 Å². The summed E-state index contributed by atoms with van der Waals surface area (Å²) in [6, 6.07) is 9.86. The van der Waals surface area contributed by atoms with Gasteiger partial charge in [0.15, 0.2) is 0 Å². The summed E-state index contributed by atoms with van der Waals surface area (Å²) < 4.78 is 0. The van der Waals surface area contributed by atoms with Crippen LogP contribution < -0.4 is 10.7 Å². The minimum Gasteiger partial charge on any atom is -0.368 e. The Kier molecular flexibility index (Phi) is 4.39. The van der Waals surface area contributed by atoms with Gasteiger partial charge in [-0.25, -0.2) is 0 Å². The van der Waals surface area contributed by atoms with Gasteiger partial charge < -0.3 is 10.6 Å². The molecule has 0 aliphatic rings. The molecule has 1 rings (SSSR count). The Morgan fingerprint density at radius 3 is 2.50 bits per heavy atom. The molecule has 0 aliphatic heterocycles. The van der Waals surface area contributed by atoms with Crippen LogP contribution in [0.15, 0.2) is 48.1 Å². The van der Waals surface area contributed by atoms with Crippen molar-refractivity contribution in [1.82, 2.24) is 4.90 Å². The second kappa shape index (κ2) is 5.80. The van der Waals surface area contributed by atoms with E-state index in [4.69, 9.17) is 5.73 Å². The van der Waals surface area contributed by atoms with Crippen molar-refractivity contribution in [3.05, 3.63) is 43.0 Å². The largest absolute Gasteiger partial charge is 0.368 e. The third kappa shape index (κ3) is 3.31. The number of hydrazone groups is 1. The number of rotatable bonds is 4. The molecule has 0 fully saturated rings. The molecule has 0 heterocycles. The average molecular weight is 218 g/mol. The van der Waals surface area contributed by atoms with Crippen molar-refractivity contribution in [2.24, 2.45) is 10.8 Å². The molecule has 0 bridgehead atoms. The molecule has 4 heteroatoms. The van der Waals surface area contributed by atoms with Gasteiger partial charge in [0.1, 0.15) is 0 Å². The molecule has 1 aromatic rings. The van der Waals surface area contributed by atoms with E-state index in [-0.39, 0.29) is 0 Å². The van der Waals surface area contributed by atoms with E-state index in [2.05, 4.69) is 11.7 Å². The van der Waals surface area contributed by atoms with Gasteiger partial charge >= 0.3 is 0 Å². The van der Waals surface area contributed by atoms with Gasteiger partial charge in [-0.3, -0.25) is 5.01 Å². The molecular weight excluding hydrogens is 200 g/mol. The third-order valence-electron chi connectivity index (χ3n) is 2.04. The number of hydrogen-bond donors (Lipinski definition) is 1. The number of benzene rings is 1. The van der Waals surface area contributed by atoms with E-state index >= 15 is 0 Å².